The number of aliphatic hydroxyl groups excluding tert-OH is 1. The van der Waals surface area contributed by atoms with Crippen molar-refractivity contribution in [1.29, 1.82) is 0 Å². The van der Waals surface area contributed by atoms with Gasteiger partial charge < -0.3 is 27.6 Å². The van der Waals surface area contributed by atoms with E-state index in [2.05, 4.69) is 27.5 Å². The molecule has 0 unspecified atom stereocenters. The van der Waals surface area contributed by atoms with E-state index < -0.39 is 30.0 Å². The van der Waals surface area contributed by atoms with Gasteiger partial charge in [0.15, 0.2) is 0 Å². The molecular formula is C20H30N5O4U+. The van der Waals surface area contributed by atoms with Gasteiger partial charge in [0.25, 0.3) is 5.91 Å². The number of amides is 3. The van der Waals surface area contributed by atoms with Gasteiger partial charge in [-0.25, -0.2) is 4.98 Å². The first-order valence-corrected chi connectivity index (χ1v) is 9.80. The number of carbonyl (C=O) groups is 3. The van der Waals surface area contributed by atoms with Gasteiger partial charge in [0.05, 0.1) is 12.3 Å². The van der Waals surface area contributed by atoms with Crippen LogP contribution in [0.2, 0.25) is 0 Å². The quantitative estimate of drug-likeness (QED) is 0.365. The van der Waals surface area contributed by atoms with Crippen LogP contribution < -0.4 is 10.6 Å². The first-order valence-electron chi connectivity index (χ1n) is 9.80. The van der Waals surface area contributed by atoms with Crippen molar-refractivity contribution < 1.29 is 50.6 Å². The Kier molecular flexibility index (Phi) is 10.4. The van der Waals surface area contributed by atoms with Crippen LogP contribution in [0.3, 0.4) is 0 Å². The Morgan fingerprint density at radius 2 is 1.77 bits per heavy atom. The van der Waals surface area contributed by atoms with Crippen LogP contribution >= 0.6 is 0 Å². The smallest absolute Gasteiger partial charge is 0.391 e. The van der Waals surface area contributed by atoms with Crippen LogP contribution in [0.15, 0.2) is 18.6 Å². The molecule has 0 aromatic carbocycles. The zero-order valence-corrected chi connectivity index (χ0v) is 22.0. The number of aromatic nitrogens is 2. The van der Waals surface area contributed by atoms with E-state index in [4.69, 9.17) is 0 Å². The molecule has 4 atom stereocenters. The topological polar surface area (TPSA) is 125 Å². The van der Waals surface area contributed by atoms with E-state index >= 15 is 0 Å². The number of carbonyl (C=O) groups excluding carboxylic acids is 3. The second-order valence-electron chi connectivity index (χ2n) is 8.05. The molecule has 2 heterocycles. The largest absolute Gasteiger partial charge is 2.00 e. The van der Waals surface area contributed by atoms with E-state index in [9.17, 15) is 19.5 Å². The molecule has 1 saturated heterocycles. The standard InChI is InChI=1S/C20H30N5O4.U/c1-11(2)16(23-18(27)15-9-21-6-7-22-15)19(28)24-17(12(3)4)20(29)25-10-14(26)8-13(25)5;/h6-7,9,11-14,16-17,26H,5,8,10H2,1-4H3,(H,23,27)(H,24,28);/q-1;+2/t13-,14-,16+,17+;/m1./s1. The molecule has 0 radical (unpaired) electrons. The van der Waals surface area contributed by atoms with Crippen molar-refractivity contribution in [2.24, 2.45) is 11.8 Å². The maximum absolute atomic E-state index is 13.0. The number of likely N-dealkylation sites (tertiary alicyclic amines) is 1. The molecule has 2 rings (SSSR count). The van der Waals surface area contributed by atoms with Crippen LogP contribution in [0.1, 0.15) is 44.6 Å². The number of nitrogens with one attached hydrogen (secondary N) is 2. The van der Waals surface area contributed by atoms with Gasteiger partial charge in [-0.1, -0.05) is 33.7 Å². The van der Waals surface area contributed by atoms with Crippen LogP contribution in [0.25, 0.3) is 0 Å². The Morgan fingerprint density at radius 1 is 1.13 bits per heavy atom. The average molecular weight is 643 g/mol. The van der Waals surface area contributed by atoms with Gasteiger partial charge in [-0.15, -0.1) is 0 Å². The SMILES string of the molecule is [CH2-][C@@H]1C[C@@H](O)CN1C(=O)[C@@H](NC(=O)[C@@H](NC(=O)c1cnccn1)C(C)C)C(C)C.[U+2]. The van der Waals surface area contributed by atoms with Crippen LogP contribution in [0, 0.1) is 49.9 Å². The molecule has 1 aromatic heterocycles. The fourth-order valence-electron chi connectivity index (χ4n) is 3.26. The van der Waals surface area contributed by atoms with Crippen molar-refractivity contribution in [3.63, 3.8) is 0 Å². The van der Waals surface area contributed by atoms with Crippen LogP contribution in [0.5, 0.6) is 0 Å². The molecule has 0 bridgehead atoms. The number of β-amino-alcohol motifs (C(OH)–C–C–N with tert-alkyl or cyclic N) is 1. The summed E-state index contributed by atoms with van der Waals surface area (Å²) in [5.41, 5.74) is 0.105. The predicted octanol–water partition coefficient (Wildman–Crippen LogP) is 0.168. The summed E-state index contributed by atoms with van der Waals surface area (Å²) in [6.45, 7) is 11.4. The van der Waals surface area contributed by atoms with E-state index in [1.807, 2.05) is 13.8 Å². The molecule has 1 aromatic rings. The summed E-state index contributed by atoms with van der Waals surface area (Å²) in [6.07, 6.45) is 3.96. The molecule has 162 valence electrons. The molecule has 30 heavy (non-hydrogen) atoms. The summed E-state index contributed by atoms with van der Waals surface area (Å²) in [7, 11) is 0. The van der Waals surface area contributed by atoms with Gasteiger partial charge in [0.2, 0.25) is 11.8 Å². The normalized spacial score (nSPS) is 20.5. The number of hydrogen-bond donors (Lipinski definition) is 3. The van der Waals surface area contributed by atoms with Gasteiger partial charge in [-0.05, 0) is 18.3 Å². The minimum Gasteiger partial charge on any atom is -0.391 e. The monoisotopic (exact) mass is 642 g/mol. The van der Waals surface area contributed by atoms with Gasteiger partial charge in [-0.2, -0.15) is 0 Å². The molecule has 1 aliphatic heterocycles. The van der Waals surface area contributed by atoms with Crippen LogP contribution in [-0.2, 0) is 9.59 Å². The number of hydrogen-bond acceptors (Lipinski definition) is 6. The number of aliphatic hydroxyl groups is 1. The minimum absolute atomic E-state index is 0. The Bertz CT molecular complexity index is 731. The van der Waals surface area contributed by atoms with Crippen LogP contribution in [0.4, 0.5) is 0 Å². The molecule has 0 spiro atoms. The summed E-state index contributed by atoms with van der Waals surface area (Å²) in [5, 5.41) is 15.3. The van der Waals surface area contributed by atoms with Gasteiger partial charge in [0, 0.05) is 18.9 Å². The summed E-state index contributed by atoms with van der Waals surface area (Å²) in [6, 6.07) is -1.97. The van der Waals surface area contributed by atoms with Gasteiger partial charge in [0.1, 0.15) is 17.8 Å². The molecule has 10 heteroatoms. The van der Waals surface area contributed by atoms with Gasteiger partial charge in [-0.3, -0.25) is 19.4 Å². The van der Waals surface area contributed by atoms with E-state index in [-0.39, 0.29) is 67.1 Å². The Hall–Kier alpha value is -1.50. The summed E-state index contributed by atoms with van der Waals surface area (Å²) >= 11 is 0. The van der Waals surface area contributed by atoms with Crippen molar-refractivity contribution in [2.75, 3.05) is 6.54 Å². The van der Waals surface area contributed by atoms with Crippen molar-refractivity contribution in [2.45, 2.75) is 58.3 Å². The van der Waals surface area contributed by atoms with Crippen molar-refractivity contribution in [3.8, 4) is 0 Å². The van der Waals surface area contributed by atoms with E-state index in [0.29, 0.717) is 6.42 Å². The first kappa shape index (κ1) is 26.5. The fraction of sp³-hybridized carbons (Fsp3) is 0.600. The number of rotatable bonds is 7. The molecule has 9 nitrogen and oxygen atoms in total. The fourth-order valence-corrected chi connectivity index (χ4v) is 3.26. The Labute approximate surface area is 201 Å². The summed E-state index contributed by atoms with van der Waals surface area (Å²) in [4.78, 5) is 47.6. The molecule has 1 fully saturated rings. The third-order valence-corrected chi connectivity index (χ3v) is 4.94. The molecule has 0 aliphatic carbocycles. The summed E-state index contributed by atoms with van der Waals surface area (Å²) in [5.74, 6) is -1.65. The molecular weight excluding hydrogens is 612 g/mol. The van der Waals surface area contributed by atoms with Crippen molar-refractivity contribution in [3.05, 3.63) is 31.2 Å². The zero-order valence-electron chi connectivity index (χ0n) is 17.8. The Morgan fingerprint density at radius 3 is 2.23 bits per heavy atom. The maximum atomic E-state index is 13.0. The second kappa shape index (κ2) is 11.8. The number of nitrogens with zero attached hydrogens (tertiary/aromatic N) is 3. The predicted molar refractivity (Wildman–Crippen MR) is 106 cm³/mol. The van der Waals surface area contributed by atoms with Gasteiger partial charge >= 0.3 is 31.1 Å². The molecule has 3 amide bonds. The average Bonchev–Trinajstić information content (AvgIpc) is 3.01. The third-order valence-electron chi connectivity index (χ3n) is 4.94. The minimum atomic E-state index is -0.849. The molecule has 3 N–H and O–H groups in total. The zero-order chi connectivity index (χ0) is 21.7. The Balaban J connectivity index is 0.00000450. The van der Waals surface area contributed by atoms with Crippen molar-refractivity contribution >= 4 is 17.7 Å². The van der Waals surface area contributed by atoms with Crippen molar-refractivity contribution in [1.82, 2.24) is 25.5 Å². The molecule has 0 saturated carbocycles. The van der Waals surface area contributed by atoms with Crippen LogP contribution in [-0.4, -0.2) is 68.5 Å². The first-order chi connectivity index (χ1) is 13.6. The van der Waals surface area contributed by atoms with E-state index in [0.717, 1.165) is 0 Å². The summed E-state index contributed by atoms with van der Waals surface area (Å²) < 4.78 is 0. The second-order valence-corrected chi connectivity index (χ2v) is 8.05. The molecule has 1 aliphatic rings. The van der Waals surface area contributed by atoms with E-state index in [1.165, 1.54) is 23.5 Å². The van der Waals surface area contributed by atoms with E-state index in [1.54, 1.807) is 13.8 Å². The maximum Gasteiger partial charge on any atom is 2.00 e. The third kappa shape index (κ3) is 6.76.